The molecule has 0 atom stereocenters. The summed E-state index contributed by atoms with van der Waals surface area (Å²) >= 11 is 0. The third-order valence-electron chi connectivity index (χ3n) is 4.49. The topological polar surface area (TPSA) is 75.5 Å². The van der Waals surface area contributed by atoms with Gasteiger partial charge in [-0.15, -0.1) is 0 Å². The van der Waals surface area contributed by atoms with E-state index >= 15 is 0 Å². The maximum atomic E-state index is 11.6. The van der Waals surface area contributed by atoms with Gasteiger partial charge in [0.1, 0.15) is 17.2 Å². The molecule has 0 bridgehead atoms. The van der Waals surface area contributed by atoms with Crippen LogP contribution in [0.3, 0.4) is 0 Å². The highest BCUT2D eigenvalue weighted by atomic mass is 16.5. The number of hydrogen-bond acceptors (Lipinski definition) is 6. The van der Waals surface area contributed by atoms with E-state index in [-0.39, 0.29) is 5.97 Å². The Morgan fingerprint density at radius 2 is 1.69 bits per heavy atom. The van der Waals surface area contributed by atoms with Crippen molar-refractivity contribution >= 4 is 17.0 Å². The summed E-state index contributed by atoms with van der Waals surface area (Å²) in [5, 5.41) is 5.27. The molecule has 0 saturated heterocycles. The second kappa shape index (κ2) is 8.02. The Balaban J connectivity index is 1.57. The Hall–Kier alpha value is -3.87. The number of methoxy groups -OCH3 is 2. The Kier molecular flexibility index (Phi) is 5.11. The smallest absolute Gasteiger partial charge is 0.337 e. The predicted octanol–water partition coefficient (Wildman–Crippen LogP) is 4.07. The predicted molar refractivity (Wildman–Crippen MR) is 107 cm³/mol. The first kappa shape index (κ1) is 18.5. The molecule has 0 unspecified atom stereocenters. The molecule has 2 aromatic carbocycles. The molecule has 0 N–H and O–H groups in total. The summed E-state index contributed by atoms with van der Waals surface area (Å²) in [5.74, 6) is 1.67. The molecule has 7 heteroatoms. The van der Waals surface area contributed by atoms with E-state index in [0.29, 0.717) is 23.6 Å². The fraction of sp³-hybridized carbons (Fsp3) is 0.136. The number of pyridine rings is 1. The van der Waals surface area contributed by atoms with E-state index in [0.717, 1.165) is 22.3 Å². The van der Waals surface area contributed by atoms with Crippen LogP contribution >= 0.6 is 0 Å². The molecule has 0 amide bonds. The molecule has 4 rings (SSSR count). The van der Waals surface area contributed by atoms with Crippen molar-refractivity contribution in [2.45, 2.75) is 6.54 Å². The number of nitrogens with zero attached hydrogens (tertiary/aromatic N) is 3. The number of carbonyl (C=O) groups is 1. The molecule has 4 aromatic rings. The highest BCUT2D eigenvalue weighted by molar-refractivity contribution is 5.89. The van der Waals surface area contributed by atoms with Crippen LogP contribution in [0.1, 0.15) is 15.9 Å². The van der Waals surface area contributed by atoms with Gasteiger partial charge in [-0.05, 0) is 48.0 Å². The van der Waals surface area contributed by atoms with E-state index < -0.39 is 0 Å². The van der Waals surface area contributed by atoms with Crippen molar-refractivity contribution in [2.24, 2.45) is 0 Å². The van der Waals surface area contributed by atoms with E-state index in [1.807, 2.05) is 28.9 Å². The van der Waals surface area contributed by atoms with Gasteiger partial charge in [0.25, 0.3) is 0 Å². The van der Waals surface area contributed by atoms with Crippen LogP contribution in [0.15, 0.2) is 67.0 Å². The largest absolute Gasteiger partial charge is 0.497 e. The molecule has 146 valence electrons. The van der Waals surface area contributed by atoms with E-state index in [2.05, 4.69) is 10.1 Å². The van der Waals surface area contributed by atoms with Gasteiger partial charge in [0.2, 0.25) is 0 Å². The molecule has 0 fully saturated rings. The van der Waals surface area contributed by atoms with Crippen LogP contribution in [0.2, 0.25) is 0 Å². The fourth-order valence-electron chi connectivity index (χ4n) is 2.97. The molecular weight excluding hydrogens is 370 g/mol. The van der Waals surface area contributed by atoms with E-state index in [1.165, 1.54) is 7.11 Å². The lowest BCUT2D eigenvalue weighted by molar-refractivity contribution is 0.0600. The summed E-state index contributed by atoms with van der Waals surface area (Å²) < 4.78 is 17.7. The first-order valence-electron chi connectivity index (χ1n) is 8.97. The average molecular weight is 389 g/mol. The first-order chi connectivity index (χ1) is 14.2. The van der Waals surface area contributed by atoms with Gasteiger partial charge in [0.15, 0.2) is 5.65 Å². The third kappa shape index (κ3) is 3.89. The van der Waals surface area contributed by atoms with Gasteiger partial charge in [-0.3, -0.25) is 0 Å². The normalized spacial score (nSPS) is 10.7. The van der Waals surface area contributed by atoms with Crippen LogP contribution in [0.4, 0.5) is 0 Å². The average Bonchev–Trinajstić information content (AvgIpc) is 3.18. The molecule has 0 aliphatic heterocycles. The summed E-state index contributed by atoms with van der Waals surface area (Å²) in [4.78, 5) is 16.0. The summed E-state index contributed by atoms with van der Waals surface area (Å²) in [5.41, 5.74) is 2.28. The monoisotopic (exact) mass is 389 g/mol. The number of hydrogen-bond donors (Lipinski definition) is 0. The molecule has 29 heavy (non-hydrogen) atoms. The number of esters is 1. The minimum Gasteiger partial charge on any atom is -0.497 e. The van der Waals surface area contributed by atoms with Gasteiger partial charge in [0, 0.05) is 6.20 Å². The van der Waals surface area contributed by atoms with Crippen LogP contribution in [-0.2, 0) is 11.3 Å². The van der Waals surface area contributed by atoms with Gasteiger partial charge < -0.3 is 14.2 Å². The zero-order valence-corrected chi connectivity index (χ0v) is 16.0. The first-order valence-corrected chi connectivity index (χ1v) is 8.97. The second-order valence-electron chi connectivity index (χ2n) is 6.31. The molecule has 0 saturated carbocycles. The Morgan fingerprint density at radius 1 is 0.966 bits per heavy atom. The third-order valence-corrected chi connectivity index (χ3v) is 4.49. The summed E-state index contributed by atoms with van der Waals surface area (Å²) in [6, 6.07) is 16.4. The van der Waals surface area contributed by atoms with Gasteiger partial charge in [-0.25, -0.2) is 14.5 Å². The van der Waals surface area contributed by atoms with E-state index in [1.54, 1.807) is 49.8 Å². The number of ether oxygens (including phenoxy) is 3. The van der Waals surface area contributed by atoms with Crippen LogP contribution in [0.25, 0.3) is 11.0 Å². The lowest BCUT2D eigenvalue weighted by Gasteiger charge is -2.08. The van der Waals surface area contributed by atoms with Crippen molar-refractivity contribution in [2.75, 3.05) is 14.2 Å². The summed E-state index contributed by atoms with van der Waals surface area (Å²) in [6.07, 6.45) is 3.43. The summed E-state index contributed by atoms with van der Waals surface area (Å²) in [7, 11) is 2.99. The van der Waals surface area contributed by atoms with Crippen molar-refractivity contribution in [1.82, 2.24) is 14.8 Å². The van der Waals surface area contributed by atoms with Gasteiger partial charge in [0.05, 0.1) is 37.9 Å². The van der Waals surface area contributed by atoms with Crippen molar-refractivity contribution in [3.63, 3.8) is 0 Å². The highest BCUT2D eigenvalue weighted by Gasteiger charge is 2.11. The number of aromatic nitrogens is 3. The quantitative estimate of drug-likeness (QED) is 0.463. The number of carbonyl (C=O) groups excluding carboxylic acids is 1. The number of rotatable bonds is 6. The van der Waals surface area contributed by atoms with Crippen LogP contribution in [0.5, 0.6) is 17.2 Å². The minimum atomic E-state index is -0.386. The molecule has 0 aliphatic carbocycles. The van der Waals surface area contributed by atoms with Crippen LogP contribution < -0.4 is 9.47 Å². The van der Waals surface area contributed by atoms with Gasteiger partial charge >= 0.3 is 5.97 Å². The van der Waals surface area contributed by atoms with Crippen molar-refractivity contribution < 1.29 is 19.0 Å². The zero-order chi connectivity index (χ0) is 20.2. The summed E-state index contributed by atoms with van der Waals surface area (Å²) in [6.45, 7) is 0.581. The van der Waals surface area contributed by atoms with Crippen molar-refractivity contribution in [1.29, 1.82) is 0 Å². The van der Waals surface area contributed by atoms with Crippen molar-refractivity contribution in [3.8, 4) is 17.2 Å². The lowest BCUT2D eigenvalue weighted by atomic mass is 10.2. The van der Waals surface area contributed by atoms with E-state index in [4.69, 9.17) is 14.2 Å². The van der Waals surface area contributed by atoms with Gasteiger partial charge in [-0.2, -0.15) is 5.10 Å². The molecule has 2 aromatic heterocycles. The molecule has 0 spiro atoms. The van der Waals surface area contributed by atoms with Crippen LogP contribution in [0, 0.1) is 0 Å². The Labute approximate surface area is 167 Å². The van der Waals surface area contributed by atoms with E-state index in [9.17, 15) is 4.79 Å². The second-order valence-corrected chi connectivity index (χ2v) is 6.31. The molecular formula is C22H19N3O4. The SMILES string of the molecule is COC(=O)c1ccc(Oc2ccnc3c2cnn3Cc2ccc(OC)cc2)cc1. The molecule has 2 heterocycles. The standard InChI is InChI=1S/C22H19N3O4/c1-27-17-7-3-15(4-8-17)14-25-21-19(13-24-25)20(11-12-23-21)29-18-9-5-16(6-10-18)22(26)28-2/h3-13H,14H2,1-2H3. The Bertz CT molecular complexity index is 1140. The molecule has 0 radical (unpaired) electrons. The Morgan fingerprint density at radius 3 is 2.38 bits per heavy atom. The maximum absolute atomic E-state index is 11.6. The van der Waals surface area contributed by atoms with Crippen molar-refractivity contribution in [3.05, 3.63) is 78.1 Å². The minimum absolute atomic E-state index is 0.386. The molecule has 0 aliphatic rings. The zero-order valence-electron chi connectivity index (χ0n) is 16.0. The number of fused-ring (bicyclic) bond motifs is 1. The highest BCUT2D eigenvalue weighted by Crippen LogP contribution is 2.29. The van der Waals surface area contributed by atoms with Crippen LogP contribution in [-0.4, -0.2) is 35.0 Å². The van der Waals surface area contributed by atoms with Gasteiger partial charge in [-0.1, -0.05) is 12.1 Å². The maximum Gasteiger partial charge on any atom is 0.337 e. The molecule has 7 nitrogen and oxygen atoms in total. The fourth-order valence-corrected chi connectivity index (χ4v) is 2.97. The number of benzene rings is 2. The lowest BCUT2D eigenvalue weighted by Crippen LogP contribution is -2.02.